The molecule has 2 aliphatic heterocycles. The average molecular weight is 398 g/mol. The standard InChI is InChI=1S/C21H22N2O4S/c24-20-14-28(26)19-9-8-16(21(25)22-12-17-7-4-10-27-17)11-18(19)23(20)13-15-5-2-1-3-6-15/h1-3,5-6,8-9,11,17H,4,7,10,12-14H2,(H,22,25)/t17-,28+/m1/s1. The van der Waals surface area contributed by atoms with Gasteiger partial charge in [0, 0.05) is 18.7 Å². The monoisotopic (exact) mass is 398 g/mol. The van der Waals surface area contributed by atoms with Crippen LogP contribution in [0.2, 0.25) is 0 Å². The van der Waals surface area contributed by atoms with Crippen molar-refractivity contribution in [2.75, 3.05) is 23.8 Å². The van der Waals surface area contributed by atoms with Crippen molar-refractivity contribution < 1.29 is 18.5 Å². The Morgan fingerprint density at radius 2 is 2.04 bits per heavy atom. The third-order valence-corrected chi connectivity index (χ3v) is 6.36. The summed E-state index contributed by atoms with van der Waals surface area (Å²) < 4.78 is 18.0. The zero-order valence-corrected chi connectivity index (χ0v) is 16.2. The molecule has 2 aliphatic rings. The summed E-state index contributed by atoms with van der Waals surface area (Å²) >= 11 is 0. The number of carbonyl (C=O) groups is 2. The van der Waals surface area contributed by atoms with Gasteiger partial charge in [0.15, 0.2) is 0 Å². The highest BCUT2D eigenvalue weighted by Gasteiger charge is 2.30. The Hall–Kier alpha value is -2.51. The highest BCUT2D eigenvalue weighted by molar-refractivity contribution is 7.86. The molecule has 1 fully saturated rings. The molecular weight excluding hydrogens is 376 g/mol. The number of rotatable bonds is 5. The van der Waals surface area contributed by atoms with Crippen LogP contribution in [0.15, 0.2) is 53.4 Å². The summed E-state index contributed by atoms with van der Waals surface area (Å²) in [5.74, 6) is -0.460. The molecule has 0 radical (unpaired) electrons. The summed E-state index contributed by atoms with van der Waals surface area (Å²) in [6.45, 7) is 1.58. The first-order chi connectivity index (χ1) is 13.6. The third kappa shape index (κ3) is 4.00. The largest absolute Gasteiger partial charge is 0.376 e. The lowest BCUT2D eigenvalue weighted by Gasteiger charge is -2.29. The Morgan fingerprint density at radius 3 is 2.79 bits per heavy atom. The fourth-order valence-corrected chi connectivity index (χ4v) is 4.68. The fraction of sp³-hybridized carbons (Fsp3) is 0.333. The van der Waals surface area contributed by atoms with Crippen molar-refractivity contribution in [1.82, 2.24) is 5.32 Å². The number of hydrogen-bond acceptors (Lipinski definition) is 4. The van der Waals surface area contributed by atoms with E-state index >= 15 is 0 Å². The van der Waals surface area contributed by atoms with E-state index in [1.807, 2.05) is 30.3 Å². The number of nitrogens with one attached hydrogen (secondary N) is 1. The van der Waals surface area contributed by atoms with Crippen LogP contribution in [0.3, 0.4) is 0 Å². The van der Waals surface area contributed by atoms with Gasteiger partial charge < -0.3 is 15.0 Å². The Morgan fingerprint density at radius 1 is 1.21 bits per heavy atom. The molecule has 0 aromatic heterocycles. The third-order valence-electron chi connectivity index (χ3n) is 5.01. The summed E-state index contributed by atoms with van der Waals surface area (Å²) in [7, 11) is -1.39. The Bertz CT molecular complexity index is 910. The second-order valence-electron chi connectivity index (χ2n) is 6.98. The first kappa shape index (κ1) is 18.8. The molecule has 2 aromatic carbocycles. The second kappa shape index (κ2) is 8.24. The van der Waals surface area contributed by atoms with E-state index in [-0.39, 0.29) is 23.7 Å². The summed E-state index contributed by atoms with van der Waals surface area (Å²) in [6, 6.07) is 14.6. The summed E-state index contributed by atoms with van der Waals surface area (Å²) in [6.07, 6.45) is 2.02. The summed E-state index contributed by atoms with van der Waals surface area (Å²) in [5, 5.41) is 2.89. The average Bonchev–Trinajstić information content (AvgIpc) is 3.23. The van der Waals surface area contributed by atoms with Crippen molar-refractivity contribution in [1.29, 1.82) is 0 Å². The quantitative estimate of drug-likeness (QED) is 0.838. The summed E-state index contributed by atoms with van der Waals surface area (Å²) in [5.41, 5.74) is 1.97. The number of nitrogens with zero attached hydrogens (tertiary/aromatic N) is 1. The predicted octanol–water partition coefficient (Wildman–Crippen LogP) is 2.25. The molecule has 6 nitrogen and oxygen atoms in total. The molecule has 146 valence electrons. The molecular formula is C21H22N2O4S. The van der Waals surface area contributed by atoms with Crippen LogP contribution in [-0.4, -0.2) is 41.0 Å². The van der Waals surface area contributed by atoms with Gasteiger partial charge in [0.1, 0.15) is 5.75 Å². The van der Waals surface area contributed by atoms with Crippen molar-refractivity contribution in [3.63, 3.8) is 0 Å². The van der Waals surface area contributed by atoms with Crippen molar-refractivity contribution in [2.24, 2.45) is 0 Å². The Balaban J connectivity index is 1.57. The van der Waals surface area contributed by atoms with Gasteiger partial charge in [-0.25, -0.2) is 0 Å². The van der Waals surface area contributed by atoms with Gasteiger partial charge in [-0.2, -0.15) is 0 Å². The van der Waals surface area contributed by atoms with Crippen LogP contribution in [0.4, 0.5) is 5.69 Å². The van der Waals surface area contributed by atoms with Crippen LogP contribution < -0.4 is 10.2 Å². The number of fused-ring (bicyclic) bond motifs is 1. The highest BCUT2D eigenvalue weighted by Crippen LogP contribution is 2.31. The van der Waals surface area contributed by atoms with E-state index in [1.54, 1.807) is 23.1 Å². The first-order valence-electron chi connectivity index (χ1n) is 9.38. The number of benzene rings is 2. The molecule has 0 bridgehead atoms. The van der Waals surface area contributed by atoms with E-state index < -0.39 is 10.8 Å². The highest BCUT2D eigenvalue weighted by atomic mass is 32.2. The van der Waals surface area contributed by atoms with E-state index in [0.29, 0.717) is 29.2 Å². The minimum Gasteiger partial charge on any atom is -0.376 e. The number of anilines is 1. The van der Waals surface area contributed by atoms with Crippen LogP contribution >= 0.6 is 0 Å². The van der Waals surface area contributed by atoms with Crippen LogP contribution in [0, 0.1) is 0 Å². The molecule has 2 atom stereocenters. The van der Waals surface area contributed by atoms with Crippen molar-refractivity contribution in [2.45, 2.75) is 30.4 Å². The molecule has 0 unspecified atom stereocenters. The van der Waals surface area contributed by atoms with E-state index in [9.17, 15) is 13.8 Å². The molecule has 7 heteroatoms. The Kier molecular flexibility index (Phi) is 5.54. The van der Waals surface area contributed by atoms with Gasteiger partial charge in [0.05, 0.1) is 34.0 Å². The number of carbonyl (C=O) groups excluding carboxylic acids is 2. The maximum Gasteiger partial charge on any atom is 0.251 e. The van der Waals surface area contributed by atoms with Gasteiger partial charge in [-0.3, -0.25) is 13.8 Å². The van der Waals surface area contributed by atoms with E-state index in [2.05, 4.69) is 5.32 Å². The molecule has 1 saturated heterocycles. The molecule has 28 heavy (non-hydrogen) atoms. The van der Waals surface area contributed by atoms with Crippen molar-refractivity contribution >= 4 is 28.3 Å². The minimum absolute atomic E-state index is 0.0373. The van der Waals surface area contributed by atoms with Gasteiger partial charge >= 0.3 is 0 Å². The number of hydrogen-bond donors (Lipinski definition) is 1. The lowest BCUT2D eigenvalue weighted by atomic mass is 10.1. The second-order valence-corrected chi connectivity index (χ2v) is 8.40. The van der Waals surface area contributed by atoms with Crippen molar-refractivity contribution in [3.05, 3.63) is 59.7 Å². The first-order valence-corrected chi connectivity index (χ1v) is 10.7. The van der Waals surface area contributed by atoms with Crippen LogP contribution in [0.5, 0.6) is 0 Å². The number of amides is 2. The van der Waals surface area contributed by atoms with E-state index in [0.717, 1.165) is 25.0 Å². The molecule has 1 N–H and O–H groups in total. The van der Waals surface area contributed by atoms with Gasteiger partial charge in [-0.1, -0.05) is 30.3 Å². The molecule has 2 heterocycles. The Labute approximate surface area is 166 Å². The maximum atomic E-state index is 12.6. The lowest BCUT2D eigenvalue weighted by molar-refractivity contribution is -0.116. The van der Waals surface area contributed by atoms with Gasteiger partial charge in [0.25, 0.3) is 5.91 Å². The molecule has 0 aliphatic carbocycles. The molecule has 0 saturated carbocycles. The fourth-order valence-electron chi connectivity index (χ4n) is 3.52. The van der Waals surface area contributed by atoms with Gasteiger partial charge in [0.2, 0.25) is 5.91 Å². The molecule has 2 amide bonds. The number of ether oxygens (including phenoxy) is 1. The molecule has 0 spiro atoms. The topological polar surface area (TPSA) is 75.7 Å². The lowest BCUT2D eigenvalue weighted by Crippen LogP contribution is -2.39. The van der Waals surface area contributed by atoms with E-state index in [1.165, 1.54) is 0 Å². The molecule has 2 aromatic rings. The van der Waals surface area contributed by atoms with Crippen LogP contribution in [0.25, 0.3) is 0 Å². The zero-order chi connectivity index (χ0) is 19.5. The SMILES string of the molecule is O=C(NC[C@H]1CCCO1)c1ccc2c(c1)N(Cc1ccccc1)C(=O)C[S@@]2=O. The maximum absolute atomic E-state index is 12.6. The summed E-state index contributed by atoms with van der Waals surface area (Å²) in [4.78, 5) is 27.3. The van der Waals surface area contributed by atoms with Gasteiger partial charge in [-0.05, 0) is 36.6 Å². The minimum atomic E-state index is -1.39. The van der Waals surface area contributed by atoms with Crippen LogP contribution in [-0.2, 0) is 26.9 Å². The van der Waals surface area contributed by atoms with Crippen molar-refractivity contribution in [3.8, 4) is 0 Å². The zero-order valence-electron chi connectivity index (χ0n) is 15.4. The van der Waals surface area contributed by atoms with Gasteiger partial charge in [-0.15, -0.1) is 0 Å². The smallest absolute Gasteiger partial charge is 0.251 e. The predicted molar refractivity (Wildman–Crippen MR) is 107 cm³/mol. The van der Waals surface area contributed by atoms with Crippen LogP contribution in [0.1, 0.15) is 28.8 Å². The normalized spacial score (nSPS) is 21.4. The molecule has 4 rings (SSSR count). The van der Waals surface area contributed by atoms with E-state index in [4.69, 9.17) is 4.74 Å².